The van der Waals surface area contributed by atoms with Crippen LogP contribution in [0.1, 0.15) is 41.5 Å². The highest BCUT2D eigenvalue weighted by molar-refractivity contribution is 7.16. The third-order valence-electron chi connectivity index (χ3n) is 5.34. The Hall–Kier alpha value is -3.57. The molecule has 10 nitrogen and oxygen atoms in total. The molecule has 2 aromatic heterocycles. The van der Waals surface area contributed by atoms with E-state index >= 15 is 0 Å². The number of benzene rings is 1. The average Bonchev–Trinajstić information content (AvgIpc) is 3.05. The van der Waals surface area contributed by atoms with E-state index in [9.17, 15) is 29.1 Å². The van der Waals surface area contributed by atoms with Crippen molar-refractivity contribution >= 4 is 34.1 Å². The second kappa shape index (κ2) is 6.47. The molecule has 0 radical (unpaired) electrons. The summed E-state index contributed by atoms with van der Waals surface area (Å²) in [4.78, 5) is 61.5. The van der Waals surface area contributed by atoms with E-state index in [-0.39, 0.29) is 41.4 Å². The number of rotatable bonds is 5. The minimum absolute atomic E-state index is 0.00337. The van der Waals surface area contributed by atoms with Crippen LogP contribution in [0.4, 0.5) is 5.00 Å². The first-order valence-corrected chi connectivity index (χ1v) is 9.90. The highest BCUT2D eigenvalue weighted by Crippen LogP contribution is 2.36. The Morgan fingerprint density at radius 1 is 1.13 bits per heavy atom. The van der Waals surface area contributed by atoms with Gasteiger partial charge in [0.05, 0.1) is 16.7 Å². The van der Waals surface area contributed by atoms with Gasteiger partial charge in [0, 0.05) is 24.0 Å². The normalized spacial score (nSPS) is 18.0. The number of carboxylic acids is 1. The Morgan fingerprint density at radius 2 is 1.77 bits per heavy atom. The number of anilines is 1. The van der Waals surface area contributed by atoms with Crippen LogP contribution in [0.5, 0.6) is 0 Å². The summed E-state index contributed by atoms with van der Waals surface area (Å²) in [5.41, 5.74) is 2.40. The van der Waals surface area contributed by atoms with Crippen molar-refractivity contribution in [3.63, 3.8) is 0 Å². The number of aromatic carboxylic acids is 1. The van der Waals surface area contributed by atoms with Crippen LogP contribution in [-0.4, -0.2) is 45.1 Å². The van der Waals surface area contributed by atoms with Gasteiger partial charge in [-0.3, -0.25) is 29.5 Å². The summed E-state index contributed by atoms with van der Waals surface area (Å²) in [6.45, 7) is 0.449. The molecule has 2 aliphatic heterocycles. The summed E-state index contributed by atoms with van der Waals surface area (Å²) in [7, 11) is 0. The molecule has 3 aromatic rings. The van der Waals surface area contributed by atoms with Gasteiger partial charge in [-0.1, -0.05) is 12.1 Å². The molecule has 1 atom stereocenters. The molecule has 2 aliphatic rings. The van der Waals surface area contributed by atoms with Crippen molar-refractivity contribution in [1.29, 1.82) is 0 Å². The molecule has 30 heavy (non-hydrogen) atoms. The summed E-state index contributed by atoms with van der Waals surface area (Å²) < 4.78 is 0.757. The van der Waals surface area contributed by atoms with E-state index in [1.165, 1.54) is 4.90 Å². The quantitative estimate of drug-likeness (QED) is 0.384. The van der Waals surface area contributed by atoms with Gasteiger partial charge in [-0.2, -0.15) is 4.68 Å². The zero-order valence-corrected chi connectivity index (χ0v) is 16.1. The van der Waals surface area contributed by atoms with Gasteiger partial charge in [-0.15, -0.1) is 11.3 Å². The fraction of sp³-hybridized carbons (Fsp3) is 0.211. The Kier molecular flexibility index (Phi) is 3.98. The first-order valence-electron chi connectivity index (χ1n) is 9.08. The summed E-state index contributed by atoms with van der Waals surface area (Å²) >= 11 is 1.15. The molecule has 4 heterocycles. The largest absolute Gasteiger partial charge is 0.478 e. The number of nitrogens with zero attached hydrogens (tertiary/aromatic N) is 2. The molecule has 5 rings (SSSR count). The van der Waals surface area contributed by atoms with Crippen molar-refractivity contribution in [2.24, 2.45) is 0 Å². The fourth-order valence-electron chi connectivity index (χ4n) is 3.82. The Morgan fingerprint density at radius 3 is 2.33 bits per heavy atom. The van der Waals surface area contributed by atoms with E-state index in [4.69, 9.17) is 0 Å². The highest BCUT2D eigenvalue weighted by atomic mass is 32.1. The smallest absolute Gasteiger partial charge is 0.340 e. The van der Waals surface area contributed by atoms with Crippen LogP contribution in [-0.2, 0) is 13.0 Å². The van der Waals surface area contributed by atoms with Crippen LogP contribution in [0.15, 0.2) is 33.9 Å². The first-order chi connectivity index (χ1) is 14.4. The number of carbonyl (C=O) groups is 3. The topological polar surface area (TPSA) is 138 Å². The maximum Gasteiger partial charge on any atom is 0.340 e. The SMILES string of the molecule is O=C(O)c1c(Nn2c(=O)c2=O)sc2c1C[C@@H](CN1C(=O)c3ccccc3C1=O)NC2. The second-order valence-electron chi connectivity index (χ2n) is 7.12. The van der Waals surface area contributed by atoms with Gasteiger partial charge in [0.1, 0.15) is 5.00 Å². The van der Waals surface area contributed by atoms with Crippen molar-refractivity contribution < 1.29 is 19.5 Å². The van der Waals surface area contributed by atoms with Gasteiger partial charge in [-0.05, 0) is 24.1 Å². The third kappa shape index (κ3) is 2.70. The minimum atomic E-state index is -1.18. The Balaban J connectivity index is 1.40. The molecule has 0 bridgehead atoms. The van der Waals surface area contributed by atoms with Crippen LogP contribution in [0.25, 0.3) is 0 Å². The highest BCUT2D eigenvalue weighted by Gasteiger charge is 2.38. The van der Waals surface area contributed by atoms with Crippen LogP contribution < -0.4 is 21.9 Å². The van der Waals surface area contributed by atoms with Gasteiger partial charge in [0.15, 0.2) is 0 Å². The average molecular weight is 426 g/mol. The second-order valence-corrected chi connectivity index (χ2v) is 8.22. The third-order valence-corrected chi connectivity index (χ3v) is 6.48. The minimum Gasteiger partial charge on any atom is -0.478 e. The molecular formula is C19H14N4O6S. The van der Waals surface area contributed by atoms with Crippen LogP contribution in [0.3, 0.4) is 0 Å². The lowest BCUT2D eigenvalue weighted by atomic mass is 9.97. The van der Waals surface area contributed by atoms with E-state index in [0.29, 0.717) is 23.2 Å². The predicted molar refractivity (Wildman–Crippen MR) is 106 cm³/mol. The zero-order valence-electron chi connectivity index (χ0n) is 15.3. The number of hydrogen-bond acceptors (Lipinski definition) is 8. The summed E-state index contributed by atoms with van der Waals surface area (Å²) in [6.07, 6.45) is 0.282. The first kappa shape index (κ1) is 18.5. The van der Waals surface area contributed by atoms with Crippen LogP contribution in [0, 0.1) is 0 Å². The number of aromatic nitrogens is 1. The van der Waals surface area contributed by atoms with Gasteiger partial charge in [0.2, 0.25) is 0 Å². The van der Waals surface area contributed by atoms with Crippen molar-refractivity contribution in [2.75, 3.05) is 12.0 Å². The van der Waals surface area contributed by atoms with Crippen molar-refractivity contribution in [3.05, 3.63) is 72.1 Å². The number of nitrogens with one attached hydrogen (secondary N) is 2. The van der Waals surface area contributed by atoms with E-state index in [2.05, 4.69) is 10.7 Å². The molecule has 0 fully saturated rings. The van der Waals surface area contributed by atoms with Gasteiger partial charge >= 0.3 is 17.1 Å². The Bertz CT molecular complexity index is 1250. The molecule has 3 N–H and O–H groups in total. The number of imide groups is 1. The van der Waals surface area contributed by atoms with Crippen LogP contribution >= 0.6 is 11.3 Å². The Labute approximate surface area is 172 Å². The zero-order chi connectivity index (χ0) is 21.2. The van der Waals surface area contributed by atoms with Gasteiger partial charge in [-0.25, -0.2) is 4.79 Å². The number of carboxylic acid groups (broad SMARTS) is 1. The molecule has 152 valence electrons. The molecule has 0 aliphatic carbocycles. The number of thiophene rings is 1. The summed E-state index contributed by atoms with van der Waals surface area (Å²) in [6, 6.07) is 6.28. The van der Waals surface area contributed by atoms with Gasteiger partial charge < -0.3 is 10.4 Å². The van der Waals surface area contributed by atoms with E-state index in [1.54, 1.807) is 24.3 Å². The molecule has 2 amide bonds. The monoisotopic (exact) mass is 426 g/mol. The standard InChI is InChI=1S/C19H14N4O6S/c24-15-9-3-1-2-4-10(9)16(25)22(15)7-8-5-11-12(6-20-8)30-14(13(11)19(28)29)21-23-17(26)18(23)27/h1-4,8,20-21H,5-7H2,(H,28,29)/t8-/m0/s1. The molecular weight excluding hydrogens is 412 g/mol. The molecule has 0 saturated carbocycles. The van der Waals surface area contributed by atoms with Crippen molar-refractivity contribution in [1.82, 2.24) is 14.9 Å². The summed E-state index contributed by atoms with van der Waals surface area (Å²) in [5.74, 6) is -1.92. The number of hydrogen-bond donors (Lipinski definition) is 3. The number of fused-ring (bicyclic) bond motifs is 2. The van der Waals surface area contributed by atoms with Crippen molar-refractivity contribution in [3.8, 4) is 0 Å². The van der Waals surface area contributed by atoms with Crippen molar-refractivity contribution in [2.45, 2.75) is 19.0 Å². The number of carbonyl (C=O) groups excluding carboxylic acids is 2. The molecule has 11 heteroatoms. The lowest BCUT2D eigenvalue weighted by molar-refractivity contribution is 0.0631. The number of amides is 2. The molecule has 0 saturated heterocycles. The maximum atomic E-state index is 12.6. The molecule has 0 spiro atoms. The van der Waals surface area contributed by atoms with E-state index in [1.807, 2.05) is 0 Å². The lowest BCUT2D eigenvalue weighted by Gasteiger charge is -2.27. The van der Waals surface area contributed by atoms with E-state index in [0.717, 1.165) is 20.9 Å². The lowest BCUT2D eigenvalue weighted by Crippen LogP contribution is -2.46. The predicted octanol–water partition coefficient (Wildman–Crippen LogP) is 0.0295. The van der Waals surface area contributed by atoms with Crippen LogP contribution in [0.2, 0.25) is 0 Å². The van der Waals surface area contributed by atoms with Gasteiger partial charge in [0.25, 0.3) is 11.8 Å². The summed E-state index contributed by atoms with van der Waals surface area (Å²) in [5, 5.41) is 13.1. The van der Waals surface area contributed by atoms with E-state index < -0.39 is 17.1 Å². The molecule has 0 unspecified atom stereocenters. The maximum absolute atomic E-state index is 12.6. The molecule has 1 aromatic carbocycles. The fourth-order valence-corrected chi connectivity index (χ4v) is 4.98.